The standard InChI is InChI=1S/C8H17N5O/c9-7(10)13-8(11)12-5-3-1-2-4-6(5)14/h5-6,14H,1-4H2,(H6,9,10,11,12,13). The van der Waals surface area contributed by atoms with E-state index in [0.717, 1.165) is 25.7 Å². The van der Waals surface area contributed by atoms with E-state index >= 15 is 0 Å². The molecule has 1 rings (SSSR count). The summed E-state index contributed by atoms with van der Waals surface area (Å²) >= 11 is 0. The van der Waals surface area contributed by atoms with Gasteiger partial charge in [0.05, 0.1) is 12.1 Å². The molecule has 0 aromatic rings. The largest absolute Gasteiger partial charge is 0.391 e. The van der Waals surface area contributed by atoms with Gasteiger partial charge in [0.15, 0.2) is 5.96 Å². The lowest BCUT2D eigenvalue weighted by Gasteiger charge is -2.23. The van der Waals surface area contributed by atoms with Gasteiger partial charge in [-0.25, -0.2) is 4.99 Å². The number of nitrogens with zero attached hydrogens (tertiary/aromatic N) is 2. The van der Waals surface area contributed by atoms with Crippen LogP contribution in [0.4, 0.5) is 0 Å². The molecular formula is C8H17N5O. The second-order valence-electron chi connectivity index (χ2n) is 3.44. The minimum Gasteiger partial charge on any atom is -0.391 e. The summed E-state index contributed by atoms with van der Waals surface area (Å²) in [7, 11) is 0. The summed E-state index contributed by atoms with van der Waals surface area (Å²) < 4.78 is 0. The molecule has 1 aliphatic carbocycles. The van der Waals surface area contributed by atoms with Crippen LogP contribution in [0.15, 0.2) is 9.98 Å². The van der Waals surface area contributed by atoms with Crippen molar-refractivity contribution in [3.05, 3.63) is 0 Å². The predicted molar refractivity (Wildman–Crippen MR) is 55.7 cm³/mol. The first-order valence-corrected chi connectivity index (χ1v) is 4.70. The molecule has 0 aromatic heterocycles. The van der Waals surface area contributed by atoms with E-state index < -0.39 is 6.10 Å². The third-order valence-electron chi connectivity index (χ3n) is 2.24. The molecule has 7 N–H and O–H groups in total. The van der Waals surface area contributed by atoms with E-state index in [1.807, 2.05) is 0 Å². The van der Waals surface area contributed by atoms with E-state index in [9.17, 15) is 5.11 Å². The average Bonchev–Trinajstić information content (AvgIpc) is 2.07. The van der Waals surface area contributed by atoms with Gasteiger partial charge in [0.1, 0.15) is 0 Å². The van der Waals surface area contributed by atoms with Crippen LogP contribution in [0.2, 0.25) is 0 Å². The SMILES string of the molecule is NC(N)=NC(N)=NC1CCCCC1O. The second kappa shape index (κ2) is 4.80. The molecule has 6 heteroatoms. The van der Waals surface area contributed by atoms with Gasteiger partial charge in [-0.2, -0.15) is 4.99 Å². The number of hydrogen-bond donors (Lipinski definition) is 4. The molecule has 1 saturated carbocycles. The zero-order valence-corrected chi connectivity index (χ0v) is 8.06. The third kappa shape index (κ3) is 3.21. The van der Waals surface area contributed by atoms with Crippen molar-refractivity contribution in [2.24, 2.45) is 27.2 Å². The van der Waals surface area contributed by atoms with E-state index in [1.165, 1.54) is 0 Å². The van der Waals surface area contributed by atoms with E-state index in [1.54, 1.807) is 0 Å². The lowest BCUT2D eigenvalue weighted by molar-refractivity contribution is 0.109. The van der Waals surface area contributed by atoms with Crippen LogP contribution >= 0.6 is 0 Å². The Balaban J connectivity index is 2.60. The number of aliphatic imine (C=N–C) groups is 2. The van der Waals surface area contributed by atoms with Crippen molar-refractivity contribution in [2.75, 3.05) is 0 Å². The number of aliphatic hydroxyl groups excluding tert-OH is 1. The number of aliphatic hydroxyl groups is 1. The van der Waals surface area contributed by atoms with Gasteiger partial charge in [-0.15, -0.1) is 0 Å². The van der Waals surface area contributed by atoms with Gasteiger partial charge in [0.2, 0.25) is 5.96 Å². The zero-order valence-electron chi connectivity index (χ0n) is 8.06. The summed E-state index contributed by atoms with van der Waals surface area (Å²) in [6, 6.07) is -0.160. The van der Waals surface area contributed by atoms with Gasteiger partial charge in [0, 0.05) is 0 Å². The van der Waals surface area contributed by atoms with Crippen molar-refractivity contribution in [3.8, 4) is 0 Å². The van der Waals surface area contributed by atoms with Crippen molar-refractivity contribution in [3.63, 3.8) is 0 Å². The maximum absolute atomic E-state index is 9.58. The Morgan fingerprint density at radius 2 is 1.79 bits per heavy atom. The third-order valence-corrected chi connectivity index (χ3v) is 2.24. The topological polar surface area (TPSA) is 123 Å². The van der Waals surface area contributed by atoms with Crippen LogP contribution in [0.5, 0.6) is 0 Å². The molecule has 80 valence electrons. The molecule has 0 amide bonds. The highest BCUT2D eigenvalue weighted by molar-refractivity contribution is 5.92. The number of guanidine groups is 2. The first-order chi connectivity index (χ1) is 6.59. The molecule has 0 radical (unpaired) electrons. The van der Waals surface area contributed by atoms with Gasteiger partial charge in [0.25, 0.3) is 0 Å². The number of hydrogen-bond acceptors (Lipinski definition) is 2. The van der Waals surface area contributed by atoms with Crippen LogP contribution in [-0.4, -0.2) is 29.2 Å². The first-order valence-electron chi connectivity index (χ1n) is 4.70. The first kappa shape index (κ1) is 10.8. The second-order valence-corrected chi connectivity index (χ2v) is 3.44. The molecule has 2 atom stereocenters. The molecule has 6 nitrogen and oxygen atoms in total. The normalized spacial score (nSPS) is 28.5. The molecule has 14 heavy (non-hydrogen) atoms. The van der Waals surface area contributed by atoms with Gasteiger partial charge < -0.3 is 22.3 Å². The molecule has 0 aromatic carbocycles. The molecule has 1 aliphatic rings. The molecule has 2 unspecified atom stereocenters. The lowest BCUT2D eigenvalue weighted by Crippen LogP contribution is -2.32. The van der Waals surface area contributed by atoms with E-state index in [4.69, 9.17) is 17.2 Å². The Hall–Kier alpha value is -1.30. The maximum Gasteiger partial charge on any atom is 0.218 e. The molecule has 0 heterocycles. The quantitative estimate of drug-likeness (QED) is 0.315. The Bertz CT molecular complexity index is 246. The Labute approximate surface area is 82.9 Å². The summed E-state index contributed by atoms with van der Waals surface area (Å²) in [5.41, 5.74) is 15.7. The average molecular weight is 199 g/mol. The Kier molecular flexibility index (Phi) is 3.70. The summed E-state index contributed by atoms with van der Waals surface area (Å²) in [6.07, 6.45) is 3.28. The number of rotatable bonds is 1. The van der Waals surface area contributed by atoms with Crippen molar-refractivity contribution >= 4 is 11.9 Å². The fourth-order valence-electron chi connectivity index (χ4n) is 1.57. The van der Waals surface area contributed by atoms with Crippen LogP contribution < -0.4 is 17.2 Å². The van der Waals surface area contributed by atoms with Crippen molar-refractivity contribution in [1.82, 2.24) is 0 Å². The highest BCUT2D eigenvalue weighted by Crippen LogP contribution is 2.20. The lowest BCUT2D eigenvalue weighted by atomic mass is 9.93. The Morgan fingerprint density at radius 3 is 2.36 bits per heavy atom. The summed E-state index contributed by atoms with van der Waals surface area (Å²) in [6.45, 7) is 0. The fourth-order valence-corrected chi connectivity index (χ4v) is 1.57. The smallest absolute Gasteiger partial charge is 0.218 e. The van der Waals surface area contributed by atoms with E-state index in [2.05, 4.69) is 9.98 Å². The fraction of sp³-hybridized carbons (Fsp3) is 0.750. The predicted octanol–water partition coefficient (Wildman–Crippen LogP) is -1.12. The summed E-state index contributed by atoms with van der Waals surface area (Å²) in [4.78, 5) is 7.65. The maximum atomic E-state index is 9.58. The summed E-state index contributed by atoms with van der Waals surface area (Å²) in [5, 5.41) is 9.58. The van der Waals surface area contributed by atoms with E-state index in [0.29, 0.717) is 0 Å². The van der Waals surface area contributed by atoms with Crippen LogP contribution in [0.25, 0.3) is 0 Å². The number of nitrogens with two attached hydrogens (primary N) is 3. The molecule has 0 saturated heterocycles. The van der Waals surface area contributed by atoms with Gasteiger partial charge in [-0.1, -0.05) is 12.8 Å². The Morgan fingerprint density at radius 1 is 1.14 bits per heavy atom. The van der Waals surface area contributed by atoms with Gasteiger partial charge in [-0.3, -0.25) is 0 Å². The molecule has 0 spiro atoms. The molecule has 0 aliphatic heterocycles. The molecular weight excluding hydrogens is 182 g/mol. The van der Waals surface area contributed by atoms with Crippen molar-refractivity contribution < 1.29 is 5.11 Å². The zero-order chi connectivity index (χ0) is 10.6. The van der Waals surface area contributed by atoms with Crippen molar-refractivity contribution in [2.45, 2.75) is 37.8 Å². The van der Waals surface area contributed by atoms with Crippen molar-refractivity contribution in [1.29, 1.82) is 0 Å². The monoisotopic (exact) mass is 199 g/mol. The van der Waals surface area contributed by atoms with E-state index in [-0.39, 0.29) is 18.0 Å². The minimum atomic E-state index is -0.420. The highest BCUT2D eigenvalue weighted by atomic mass is 16.3. The van der Waals surface area contributed by atoms with Gasteiger partial charge in [-0.05, 0) is 12.8 Å². The van der Waals surface area contributed by atoms with Crippen LogP contribution in [0.1, 0.15) is 25.7 Å². The minimum absolute atomic E-state index is 0.0379. The van der Waals surface area contributed by atoms with Gasteiger partial charge >= 0.3 is 0 Å². The van der Waals surface area contributed by atoms with Crippen LogP contribution in [0, 0.1) is 0 Å². The van der Waals surface area contributed by atoms with Crippen LogP contribution in [-0.2, 0) is 0 Å². The molecule has 1 fully saturated rings. The summed E-state index contributed by atoms with van der Waals surface area (Å²) in [5.74, 6) is -0.0764. The molecule has 0 bridgehead atoms. The highest BCUT2D eigenvalue weighted by Gasteiger charge is 2.22. The van der Waals surface area contributed by atoms with Crippen LogP contribution in [0.3, 0.4) is 0 Å².